The third-order valence-electron chi connectivity index (χ3n) is 4.90. The van der Waals surface area contributed by atoms with Crippen molar-refractivity contribution in [2.45, 2.75) is 31.2 Å². The van der Waals surface area contributed by atoms with Gasteiger partial charge in [-0.2, -0.15) is 0 Å². The minimum absolute atomic E-state index is 0.00905. The van der Waals surface area contributed by atoms with Gasteiger partial charge in [-0.05, 0) is 30.4 Å². The molecule has 3 rings (SSSR count). The van der Waals surface area contributed by atoms with Crippen molar-refractivity contribution in [3.05, 3.63) is 71.8 Å². The maximum absolute atomic E-state index is 12.7. The number of benzene rings is 2. The standard InChI is InChI=1S/C21H26N2O2/c24-15-7-12-20(18-10-5-2-6-11-18)22-21(25)23-14-13-19(16-23)17-8-3-1-4-9-17/h1-6,8-11,19-20,24H,7,12-16H2,(H,22,25). The monoisotopic (exact) mass is 338 g/mol. The minimum atomic E-state index is -0.0587. The van der Waals surface area contributed by atoms with Crippen molar-refractivity contribution >= 4 is 6.03 Å². The molecule has 2 aromatic carbocycles. The predicted octanol–water partition coefficient (Wildman–Crippen LogP) is 3.70. The summed E-state index contributed by atoms with van der Waals surface area (Å²) in [5.41, 5.74) is 2.39. The van der Waals surface area contributed by atoms with Crippen LogP contribution in [0.1, 0.15) is 42.3 Å². The number of carbonyl (C=O) groups is 1. The Kier molecular flexibility index (Phi) is 6.07. The molecular formula is C21H26N2O2. The van der Waals surface area contributed by atoms with E-state index in [-0.39, 0.29) is 18.7 Å². The molecule has 2 amide bonds. The summed E-state index contributed by atoms with van der Waals surface area (Å²) in [6.45, 7) is 1.68. The van der Waals surface area contributed by atoms with Gasteiger partial charge in [-0.3, -0.25) is 0 Å². The zero-order valence-electron chi connectivity index (χ0n) is 14.5. The summed E-state index contributed by atoms with van der Waals surface area (Å²) >= 11 is 0. The van der Waals surface area contributed by atoms with Crippen LogP contribution in [0.3, 0.4) is 0 Å². The van der Waals surface area contributed by atoms with Crippen molar-refractivity contribution in [3.8, 4) is 0 Å². The van der Waals surface area contributed by atoms with Gasteiger partial charge in [0, 0.05) is 25.6 Å². The SMILES string of the molecule is O=C(NC(CCCO)c1ccccc1)N1CCC(c2ccccc2)C1. The molecule has 132 valence electrons. The van der Waals surface area contributed by atoms with Gasteiger partial charge in [0.25, 0.3) is 0 Å². The number of carbonyl (C=O) groups excluding carboxylic acids is 1. The Morgan fingerprint density at radius 2 is 1.80 bits per heavy atom. The zero-order chi connectivity index (χ0) is 17.5. The first kappa shape index (κ1) is 17.5. The Balaban J connectivity index is 1.62. The highest BCUT2D eigenvalue weighted by Gasteiger charge is 2.28. The fourth-order valence-corrected chi connectivity index (χ4v) is 3.49. The third kappa shape index (κ3) is 4.60. The van der Waals surface area contributed by atoms with E-state index in [2.05, 4.69) is 29.6 Å². The van der Waals surface area contributed by atoms with Gasteiger partial charge in [-0.1, -0.05) is 60.7 Å². The van der Waals surface area contributed by atoms with Crippen molar-refractivity contribution in [1.82, 2.24) is 10.2 Å². The van der Waals surface area contributed by atoms with Crippen molar-refractivity contribution in [2.75, 3.05) is 19.7 Å². The lowest BCUT2D eigenvalue weighted by molar-refractivity contribution is 0.201. The van der Waals surface area contributed by atoms with Crippen LogP contribution in [0, 0.1) is 0 Å². The largest absolute Gasteiger partial charge is 0.396 e. The number of amides is 2. The van der Waals surface area contributed by atoms with Gasteiger partial charge in [0.1, 0.15) is 0 Å². The molecule has 2 unspecified atom stereocenters. The van der Waals surface area contributed by atoms with E-state index in [0.29, 0.717) is 12.3 Å². The maximum atomic E-state index is 12.7. The molecule has 1 fully saturated rings. The molecule has 4 nitrogen and oxygen atoms in total. The van der Waals surface area contributed by atoms with Gasteiger partial charge in [-0.25, -0.2) is 4.79 Å². The van der Waals surface area contributed by atoms with Crippen LogP contribution in [0.25, 0.3) is 0 Å². The van der Waals surface area contributed by atoms with E-state index >= 15 is 0 Å². The highest BCUT2D eigenvalue weighted by Crippen LogP contribution is 2.27. The molecule has 0 aliphatic carbocycles. The van der Waals surface area contributed by atoms with E-state index in [1.165, 1.54) is 5.56 Å². The molecular weight excluding hydrogens is 312 g/mol. The van der Waals surface area contributed by atoms with E-state index in [1.807, 2.05) is 41.3 Å². The van der Waals surface area contributed by atoms with Gasteiger partial charge < -0.3 is 15.3 Å². The summed E-state index contributed by atoms with van der Waals surface area (Å²) in [5.74, 6) is 0.416. The highest BCUT2D eigenvalue weighted by molar-refractivity contribution is 5.75. The minimum Gasteiger partial charge on any atom is -0.396 e. The molecule has 0 aromatic heterocycles. The number of urea groups is 1. The average Bonchev–Trinajstić information content (AvgIpc) is 3.17. The molecule has 2 atom stereocenters. The van der Waals surface area contributed by atoms with Crippen LogP contribution in [0.5, 0.6) is 0 Å². The average molecular weight is 338 g/mol. The second kappa shape index (κ2) is 8.67. The van der Waals surface area contributed by atoms with Gasteiger partial charge in [0.2, 0.25) is 0 Å². The van der Waals surface area contributed by atoms with Crippen LogP contribution in [0.4, 0.5) is 4.79 Å². The summed E-state index contributed by atoms with van der Waals surface area (Å²) in [6, 6.07) is 20.3. The fraction of sp³-hybridized carbons (Fsp3) is 0.381. The van der Waals surface area contributed by atoms with E-state index in [9.17, 15) is 4.79 Å². The summed E-state index contributed by atoms with van der Waals surface area (Å²) < 4.78 is 0. The molecule has 1 saturated heterocycles. The maximum Gasteiger partial charge on any atom is 0.317 e. The second-order valence-electron chi connectivity index (χ2n) is 6.62. The van der Waals surface area contributed by atoms with Gasteiger partial charge in [0.05, 0.1) is 6.04 Å². The number of nitrogens with zero attached hydrogens (tertiary/aromatic N) is 1. The van der Waals surface area contributed by atoms with Crippen LogP contribution >= 0.6 is 0 Å². The normalized spacial score (nSPS) is 18.1. The quantitative estimate of drug-likeness (QED) is 0.844. The molecule has 0 bridgehead atoms. The number of aliphatic hydroxyl groups excluding tert-OH is 1. The Hall–Kier alpha value is -2.33. The number of hydrogen-bond donors (Lipinski definition) is 2. The molecule has 25 heavy (non-hydrogen) atoms. The van der Waals surface area contributed by atoms with Crippen LogP contribution in [-0.2, 0) is 0 Å². The molecule has 1 aliphatic rings. The fourth-order valence-electron chi connectivity index (χ4n) is 3.49. The van der Waals surface area contributed by atoms with E-state index in [0.717, 1.165) is 31.5 Å². The molecule has 0 saturated carbocycles. The predicted molar refractivity (Wildman–Crippen MR) is 99.4 cm³/mol. The van der Waals surface area contributed by atoms with Crippen molar-refractivity contribution in [3.63, 3.8) is 0 Å². The third-order valence-corrected chi connectivity index (χ3v) is 4.90. The topological polar surface area (TPSA) is 52.6 Å². The second-order valence-corrected chi connectivity index (χ2v) is 6.62. The van der Waals surface area contributed by atoms with Crippen LogP contribution < -0.4 is 5.32 Å². The molecule has 2 aromatic rings. The van der Waals surface area contributed by atoms with Crippen LogP contribution in [0.2, 0.25) is 0 Å². The van der Waals surface area contributed by atoms with E-state index < -0.39 is 0 Å². The van der Waals surface area contributed by atoms with Gasteiger partial charge in [-0.15, -0.1) is 0 Å². The molecule has 4 heteroatoms. The zero-order valence-corrected chi connectivity index (χ0v) is 14.5. The Bertz CT molecular complexity index is 660. The number of rotatable bonds is 6. The summed E-state index contributed by atoms with van der Waals surface area (Å²) in [7, 11) is 0. The first-order valence-corrected chi connectivity index (χ1v) is 9.04. The van der Waals surface area contributed by atoms with Crippen LogP contribution in [-0.4, -0.2) is 35.7 Å². The molecule has 0 radical (unpaired) electrons. The van der Waals surface area contributed by atoms with E-state index in [1.54, 1.807) is 0 Å². The van der Waals surface area contributed by atoms with Gasteiger partial charge >= 0.3 is 6.03 Å². The first-order valence-electron chi connectivity index (χ1n) is 9.04. The molecule has 1 aliphatic heterocycles. The van der Waals surface area contributed by atoms with Crippen molar-refractivity contribution in [1.29, 1.82) is 0 Å². The number of aliphatic hydroxyl groups is 1. The van der Waals surface area contributed by atoms with Crippen LogP contribution in [0.15, 0.2) is 60.7 Å². The lowest BCUT2D eigenvalue weighted by Crippen LogP contribution is -2.40. The Morgan fingerprint density at radius 3 is 2.48 bits per heavy atom. The highest BCUT2D eigenvalue weighted by atomic mass is 16.3. The molecule has 2 N–H and O–H groups in total. The molecule has 1 heterocycles. The van der Waals surface area contributed by atoms with Gasteiger partial charge in [0.15, 0.2) is 0 Å². The summed E-state index contributed by atoms with van der Waals surface area (Å²) in [4.78, 5) is 14.6. The lowest BCUT2D eigenvalue weighted by Gasteiger charge is -2.24. The van der Waals surface area contributed by atoms with Crippen molar-refractivity contribution < 1.29 is 9.90 Å². The molecule has 0 spiro atoms. The number of likely N-dealkylation sites (tertiary alicyclic amines) is 1. The first-order chi connectivity index (χ1) is 12.3. The number of nitrogens with one attached hydrogen (secondary N) is 1. The van der Waals surface area contributed by atoms with Crippen molar-refractivity contribution in [2.24, 2.45) is 0 Å². The summed E-state index contributed by atoms with van der Waals surface area (Å²) in [5, 5.41) is 12.3. The Labute approximate surface area is 149 Å². The lowest BCUT2D eigenvalue weighted by atomic mass is 9.99. The smallest absolute Gasteiger partial charge is 0.317 e. The van der Waals surface area contributed by atoms with E-state index in [4.69, 9.17) is 5.11 Å². The number of hydrogen-bond acceptors (Lipinski definition) is 2. The Morgan fingerprint density at radius 1 is 1.12 bits per heavy atom. The summed E-state index contributed by atoms with van der Waals surface area (Å²) in [6.07, 6.45) is 2.42.